The van der Waals surface area contributed by atoms with E-state index in [1.54, 1.807) is 0 Å². The van der Waals surface area contributed by atoms with E-state index >= 15 is 0 Å². The maximum Gasteiger partial charge on any atom is 0.0541 e. The second kappa shape index (κ2) is 22.2. The van der Waals surface area contributed by atoms with Gasteiger partial charge in [-0.2, -0.15) is 0 Å². The predicted octanol–water partition coefficient (Wildman–Crippen LogP) is 20.4. The Balaban J connectivity index is 0.941. The quantitative estimate of drug-likeness (QED) is 0.124. The summed E-state index contributed by atoms with van der Waals surface area (Å²) in [6, 6.07) is 89.7. The highest BCUT2D eigenvalue weighted by Gasteiger charge is 2.36. The smallest absolute Gasteiger partial charge is 0.0541 e. The minimum absolute atomic E-state index is 0.219. The topological polar surface area (TPSA) is 8.17 Å². The standard InChI is InChI=1S/C87H54N2/c1-9-57-26-22-33-73(70(57)12-4)64-52-63(53-65(54-64)86-79(74-34-23-27-58(10-2)71(74)13-5)36-25-37-80(86)75-35-24-28-59(11-3)72(75)14-6)61-42-47-68(48-43-61)88(69-49-50-77-76-31-18-20-38-82(76)87(7,8)83(77)56-69)67-45-40-60(41-46-67)62-44-51-85-81(55-62)78-32-19-21-39-84(78)89(85)66-29-16-15-17-30-66/h1-6,15-56H,7-8H3. The van der Waals surface area contributed by atoms with E-state index in [-0.39, 0.29) is 5.41 Å². The first-order chi connectivity index (χ1) is 43.6. The van der Waals surface area contributed by atoms with E-state index in [1.807, 2.05) is 60.7 Å². The van der Waals surface area contributed by atoms with Crippen LogP contribution in [0.5, 0.6) is 0 Å². The van der Waals surface area contributed by atoms with Crippen LogP contribution in [0.2, 0.25) is 0 Å². The van der Waals surface area contributed by atoms with E-state index in [0.29, 0.717) is 33.4 Å². The summed E-state index contributed by atoms with van der Waals surface area (Å²) in [5.41, 5.74) is 26.0. The predicted molar refractivity (Wildman–Crippen MR) is 373 cm³/mol. The molecule has 0 unspecified atom stereocenters. The molecule has 1 aliphatic carbocycles. The highest BCUT2D eigenvalue weighted by molar-refractivity contribution is 6.10. The largest absolute Gasteiger partial charge is 0.310 e. The van der Waals surface area contributed by atoms with E-state index in [2.05, 4.69) is 253 Å². The Morgan fingerprint density at radius 2 is 0.764 bits per heavy atom. The first kappa shape index (κ1) is 54.5. The average molecular weight is 1130 g/mol. The van der Waals surface area contributed by atoms with Crippen molar-refractivity contribution in [2.24, 2.45) is 0 Å². The molecule has 12 aromatic carbocycles. The van der Waals surface area contributed by atoms with Crippen molar-refractivity contribution in [1.82, 2.24) is 4.57 Å². The molecule has 2 nitrogen and oxygen atoms in total. The molecule has 0 spiro atoms. The molecule has 0 bridgehead atoms. The summed E-state index contributed by atoms with van der Waals surface area (Å²) >= 11 is 0. The van der Waals surface area contributed by atoms with Crippen LogP contribution >= 0.6 is 0 Å². The molecular formula is C87H54N2. The van der Waals surface area contributed by atoms with Crippen LogP contribution in [-0.2, 0) is 5.41 Å². The second-order valence-corrected chi connectivity index (χ2v) is 22.8. The number of nitrogens with zero attached hydrogens (tertiary/aromatic N) is 2. The van der Waals surface area contributed by atoms with Gasteiger partial charge in [0, 0.05) is 72.3 Å². The number of benzene rings is 12. The molecule has 0 N–H and O–H groups in total. The lowest BCUT2D eigenvalue weighted by Crippen LogP contribution is -2.16. The highest BCUT2D eigenvalue weighted by Crippen LogP contribution is 2.52. The number of rotatable bonds is 10. The van der Waals surface area contributed by atoms with Crippen LogP contribution in [0.4, 0.5) is 17.1 Å². The molecule has 412 valence electrons. The summed E-state index contributed by atoms with van der Waals surface area (Å²) in [5, 5.41) is 2.42. The average Bonchev–Trinajstić information content (AvgIpc) is 1.70. The lowest BCUT2D eigenvalue weighted by molar-refractivity contribution is 0.660. The van der Waals surface area contributed by atoms with Crippen molar-refractivity contribution in [3.8, 4) is 158 Å². The Morgan fingerprint density at radius 3 is 1.38 bits per heavy atom. The fourth-order valence-corrected chi connectivity index (χ4v) is 13.5. The first-order valence-electron chi connectivity index (χ1n) is 29.5. The van der Waals surface area contributed by atoms with Crippen molar-refractivity contribution in [2.45, 2.75) is 19.3 Å². The zero-order valence-electron chi connectivity index (χ0n) is 49.1. The number of terminal acetylenes is 6. The van der Waals surface area contributed by atoms with E-state index in [1.165, 1.54) is 38.5 Å². The molecule has 1 heterocycles. The zero-order chi connectivity index (χ0) is 60.9. The molecule has 13 aromatic rings. The van der Waals surface area contributed by atoms with E-state index in [0.717, 1.165) is 95.0 Å². The molecule has 14 rings (SSSR count). The normalized spacial score (nSPS) is 11.7. The highest BCUT2D eigenvalue weighted by atomic mass is 15.1. The zero-order valence-corrected chi connectivity index (χ0v) is 49.1. The van der Waals surface area contributed by atoms with Crippen molar-refractivity contribution in [3.63, 3.8) is 0 Å². The molecule has 89 heavy (non-hydrogen) atoms. The van der Waals surface area contributed by atoms with Crippen LogP contribution in [0.1, 0.15) is 58.4 Å². The van der Waals surface area contributed by atoms with Crippen molar-refractivity contribution in [2.75, 3.05) is 4.90 Å². The van der Waals surface area contributed by atoms with Crippen LogP contribution in [0.3, 0.4) is 0 Å². The Hall–Kier alpha value is -12.4. The molecule has 0 atom stereocenters. The summed E-state index contributed by atoms with van der Waals surface area (Å²) in [4.78, 5) is 2.36. The molecular weight excluding hydrogens is 1070 g/mol. The molecule has 0 saturated heterocycles. The molecule has 0 fully saturated rings. The number of anilines is 3. The third kappa shape index (κ3) is 9.15. The number of aromatic nitrogens is 1. The van der Waals surface area contributed by atoms with Crippen LogP contribution in [0.25, 0.3) is 105 Å². The van der Waals surface area contributed by atoms with Crippen molar-refractivity contribution >= 4 is 38.9 Å². The maximum absolute atomic E-state index is 6.36. The van der Waals surface area contributed by atoms with Crippen LogP contribution < -0.4 is 4.90 Å². The summed E-state index contributed by atoms with van der Waals surface area (Å²) in [5.74, 6) is 17.3. The van der Waals surface area contributed by atoms with Gasteiger partial charge < -0.3 is 9.47 Å². The van der Waals surface area contributed by atoms with Gasteiger partial charge in [-0.3, -0.25) is 0 Å². The van der Waals surface area contributed by atoms with Crippen molar-refractivity contribution in [3.05, 3.63) is 299 Å². The molecule has 0 aliphatic heterocycles. The number of para-hydroxylation sites is 2. The minimum Gasteiger partial charge on any atom is -0.310 e. The number of fused-ring (bicyclic) bond motifs is 6. The Morgan fingerprint density at radius 1 is 0.303 bits per heavy atom. The number of hydrogen-bond donors (Lipinski definition) is 0. The maximum atomic E-state index is 6.36. The number of hydrogen-bond acceptors (Lipinski definition) is 1. The van der Waals surface area contributed by atoms with Crippen LogP contribution in [-0.4, -0.2) is 4.57 Å². The van der Waals surface area contributed by atoms with E-state index in [4.69, 9.17) is 38.5 Å². The Kier molecular flexibility index (Phi) is 13.6. The fourth-order valence-electron chi connectivity index (χ4n) is 13.5. The van der Waals surface area contributed by atoms with Gasteiger partial charge in [0.2, 0.25) is 0 Å². The van der Waals surface area contributed by atoms with Gasteiger partial charge in [-0.25, -0.2) is 0 Å². The lowest BCUT2D eigenvalue weighted by Gasteiger charge is -2.28. The van der Waals surface area contributed by atoms with Crippen molar-refractivity contribution < 1.29 is 0 Å². The minimum atomic E-state index is -0.219. The molecule has 0 amide bonds. The fraction of sp³-hybridized carbons (Fsp3) is 0.0345. The molecule has 0 saturated carbocycles. The Labute approximate surface area is 521 Å². The van der Waals surface area contributed by atoms with Crippen LogP contribution in [0.15, 0.2) is 255 Å². The van der Waals surface area contributed by atoms with Gasteiger partial charge >= 0.3 is 0 Å². The van der Waals surface area contributed by atoms with Gasteiger partial charge in [0.1, 0.15) is 0 Å². The van der Waals surface area contributed by atoms with Gasteiger partial charge in [-0.05, 0) is 192 Å². The first-order valence-corrected chi connectivity index (χ1v) is 29.5. The van der Waals surface area contributed by atoms with Crippen LogP contribution in [0, 0.1) is 74.1 Å². The molecule has 1 aliphatic rings. The lowest BCUT2D eigenvalue weighted by atomic mass is 9.82. The van der Waals surface area contributed by atoms with Gasteiger partial charge in [0.25, 0.3) is 0 Å². The van der Waals surface area contributed by atoms with Gasteiger partial charge in [0.15, 0.2) is 0 Å². The van der Waals surface area contributed by atoms with Gasteiger partial charge in [-0.15, -0.1) is 38.5 Å². The van der Waals surface area contributed by atoms with Crippen molar-refractivity contribution in [1.29, 1.82) is 0 Å². The molecule has 2 heteroatoms. The molecule has 1 aromatic heterocycles. The summed E-state index contributed by atoms with van der Waals surface area (Å²) in [6.45, 7) is 4.65. The SMILES string of the molecule is C#Cc1cccc(-c2cc(-c3ccc(N(c4ccc(-c5ccc6c(c5)c5ccccc5n6-c5ccccc5)cc4)c4ccc5c(c4)C(C)(C)c4ccccc4-5)cc3)cc(-c3c(-c4cccc(C#C)c4C#C)cccc3-c3cccc(C#C)c3C#C)c2)c1C#C. The molecule has 0 radical (unpaired) electrons. The van der Waals surface area contributed by atoms with E-state index < -0.39 is 0 Å². The second-order valence-electron chi connectivity index (χ2n) is 22.8. The Bertz CT molecular complexity index is 5240. The van der Waals surface area contributed by atoms with Gasteiger partial charge in [-0.1, -0.05) is 201 Å². The summed E-state index contributed by atoms with van der Waals surface area (Å²) in [6.07, 6.45) is 37.5. The van der Waals surface area contributed by atoms with Gasteiger partial charge in [0.05, 0.1) is 11.0 Å². The van der Waals surface area contributed by atoms with E-state index in [9.17, 15) is 0 Å². The third-order valence-electron chi connectivity index (χ3n) is 17.7. The third-order valence-corrected chi connectivity index (χ3v) is 17.7. The monoisotopic (exact) mass is 1130 g/mol. The summed E-state index contributed by atoms with van der Waals surface area (Å²) < 4.78 is 2.35. The summed E-state index contributed by atoms with van der Waals surface area (Å²) in [7, 11) is 0.